The van der Waals surface area contributed by atoms with E-state index in [9.17, 15) is 18.5 Å². The van der Waals surface area contributed by atoms with Crippen molar-refractivity contribution in [3.63, 3.8) is 0 Å². The average Bonchev–Trinajstić information content (AvgIpc) is 2.39. The van der Waals surface area contributed by atoms with E-state index >= 15 is 0 Å². The van der Waals surface area contributed by atoms with Crippen LogP contribution in [-0.4, -0.2) is 32.5 Å². The number of nitrogens with one attached hydrogen (secondary N) is 2. The van der Waals surface area contributed by atoms with Crippen LogP contribution in [0.4, 0.5) is 5.69 Å². The standard InChI is InChI=1S/C12H17N3O4S.ClH/c1-9-4-5-11(7-12(9)15(16)17)20(18,19)14-10-3-2-6-13-8-10;/h4-5,7,10,13-14H,2-3,6,8H2,1H3;1H/t10-;/m0./s1. The molecule has 0 amide bonds. The van der Waals surface area contributed by atoms with Gasteiger partial charge in [0.05, 0.1) is 9.82 Å². The lowest BCUT2D eigenvalue weighted by molar-refractivity contribution is -0.385. The summed E-state index contributed by atoms with van der Waals surface area (Å²) in [6, 6.07) is 3.77. The minimum Gasteiger partial charge on any atom is -0.315 e. The number of benzene rings is 1. The van der Waals surface area contributed by atoms with Crippen LogP contribution in [-0.2, 0) is 10.0 Å². The van der Waals surface area contributed by atoms with Gasteiger partial charge in [-0.15, -0.1) is 12.4 Å². The van der Waals surface area contributed by atoms with Gasteiger partial charge in [0.15, 0.2) is 0 Å². The molecule has 0 bridgehead atoms. The fourth-order valence-electron chi connectivity index (χ4n) is 2.19. The molecule has 2 rings (SSSR count). The third-order valence-electron chi connectivity index (χ3n) is 3.31. The lowest BCUT2D eigenvalue weighted by Crippen LogP contribution is -2.45. The predicted octanol–water partition coefficient (Wildman–Crippen LogP) is 1.36. The van der Waals surface area contributed by atoms with Crippen molar-refractivity contribution >= 4 is 28.1 Å². The number of aryl methyl sites for hydroxylation is 1. The number of piperidine rings is 1. The number of rotatable bonds is 4. The molecule has 1 fully saturated rings. The molecule has 0 spiro atoms. The molecular weight excluding hydrogens is 318 g/mol. The molecule has 1 aromatic rings. The molecule has 21 heavy (non-hydrogen) atoms. The molecule has 7 nitrogen and oxygen atoms in total. The Hall–Kier alpha value is -1.22. The van der Waals surface area contributed by atoms with E-state index in [2.05, 4.69) is 10.0 Å². The normalized spacial score (nSPS) is 18.8. The minimum atomic E-state index is -3.73. The Morgan fingerprint density at radius 2 is 2.14 bits per heavy atom. The zero-order chi connectivity index (χ0) is 14.8. The SMILES string of the molecule is Cc1ccc(S(=O)(=O)N[C@H]2CCCNC2)cc1[N+](=O)[O-].Cl. The van der Waals surface area contributed by atoms with E-state index in [-0.39, 0.29) is 29.0 Å². The van der Waals surface area contributed by atoms with Crippen molar-refractivity contribution in [2.75, 3.05) is 13.1 Å². The van der Waals surface area contributed by atoms with E-state index in [1.807, 2.05) is 0 Å². The second-order valence-electron chi connectivity index (χ2n) is 4.87. The molecule has 1 aliphatic rings. The molecular formula is C12H18ClN3O4S. The van der Waals surface area contributed by atoms with Gasteiger partial charge < -0.3 is 5.32 Å². The zero-order valence-corrected chi connectivity index (χ0v) is 13.2. The molecule has 1 aliphatic heterocycles. The lowest BCUT2D eigenvalue weighted by atomic mass is 10.1. The quantitative estimate of drug-likeness (QED) is 0.639. The summed E-state index contributed by atoms with van der Waals surface area (Å²) in [5.41, 5.74) is 0.253. The molecule has 1 heterocycles. The number of hydrogen-bond acceptors (Lipinski definition) is 5. The van der Waals surface area contributed by atoms with Crippen LogP contribution in [0.15, 0.2) is 23.1 Å². The van der Waals surface area contributed by atoms with Crippen molar-refractivity contribution in [3.05, 3.63) is 33.9 Å². The van der Waals surface area contributed by atoms with Crippen LogP contribution in [0.3, 0.4) is 0 Å². The van der Waals surface area contributed by atoms with Gasteiger partial charge >= 0.3 is 0 Å². The molecule has 0 saturated carbocycles. The largest absolute Gasteiger partial charge is 0.315 e. The first kappa shape index (κ1) is 17.8. The highest BCUT2D eigenvalue weighted by Crippen LogP contribution is 2.22. The van der Waals surface area contributed by atoms with Crippen molar-refractivity contribution in [1.29, 1.82) is 0 Å². The maximum absolute atomic E-state index is 12.2. The van der Waals surface area contributed by atoms with Crippen LogP contribution in [0, 0.1) is 17.0 Å². The van der Waals surface area contributed by atoms with E-state index in [4.69, 9.17) is 0 Å². The van der Waals surface area contributed by atoms with E-state index in [0.29, 0.717) is 12.1 Å². The van der Waals surface area contributed by atoms with Crippen molar-refractivity contribution in [3.8, 4) is 0 Å². The zero-order valence-electron chi connectivity index (χ0n) is 11.5. The molecule has 0 aliphatic carbocycles. The third-order valence-corrected chi connectivity index (χ3v) is 4.82. The summed E-state index contributed by atoms with van der Waals surface area (Å²) in [6.45, 7) is 3.04. The summed E-state index contributed by atoms with van der Waals surface area (Å²) in [7, 11) is -3.73. The van der Waals surface area contributed by atoms with Gasteiger partial charge in [-0.1, -0.05) is 6.07 Å². The molecule has 118 valence electrons. The fourth-order valence-corrected chi connectivity index (χ4v) is 3.48. The minimum absolute atomic E-state index is 0. The number of nitro benzene ring substituents is 1. The Kier molecular flexibility index (Phi) is 6.09. The van der Waals surface area contributed by atoms with Gasteiger partial charge in [-0.2, -0.15) is 0 Å². The molecule has 1 atom stereocenters. The van der Waals surface area contributed by atoms with Gasteiger partial charge in [-0.25, -0.2) is 13.1 Å². The number of nitrogens with zero attached hydrogens (tertiary/aromatic N) is 1. The smallest absolute Gasteiger partial charge is 0.273 e. The van der Waals surface area contributed by atoms with Crippen molar-refractivity contribution < 1.29 is 13.3 Å². The molecule has 0 radical (unpaired) electrons. The molecule has 1 aromatic carbocycles. The summed E-state index contributed by atoms with van der Waals surface area (Å²) in [5.74, 6) is 0. The maximum atomic E-state index is 12.2. The second kappa shape index (κ2) is 7.17. The van der Waals surface area contributed by atoms with E-state index in [0.717, 1.165) is 25.5 Å². The van der Waals surface area contributed by atoms with E-state index in [1.54, 1.807) is 6.92 Å². The van der Waals surface area contributed by atoms with Gasteiger partial charge in [-0.05, 0) is 32.4 Å². The second-order valence-corrected chi connectivity index (χ2v) is 6.58. The van der Waals surface area contributed by atoms with Gasteiger partial charge in [0.2, 0.25) is 10.0 Å². The lowest BCUT2D eigenvalue weighted by Gasteiger charge is -2.23. The first-order chi connectivity index (χ1) is 9.40. The van der Waals surface area contributed by atoms with Gasteiger partial charge in [0.25, 0.3) is 5.69 Å². The first-order valence-electron chi connectivity index (χ1n) is 6.38. The average molecular weight is 336 g/mol. The summed E-state index contributed by atoms with van der Waals surface area (Å²) in [4.78, 5) is 10.2. The van der Waals surface area contributed by atoms with Crippen LogP contribution >= 0.6 is 12.4 Å². The van der Waals surface area contributed by atoms with E-state index < -0.39 is 14.9 Å². The first-order valence-corrected chi connectivity index (χ1v) is 7.86. The molecule has 2 N–H and O–H groups in total. The highest BCUT2D eigenvalue weighted by molar-refractivity contribution is 7.89. The Morgan fingerprint density at radius 3 is 2.71 bits per heavy atom. The van der Waals surface area contributed by atoms with Gasteiger partial charge in [0.1, 0.15) is 0 Å². The van der Waals surface area contributed by atoms with Crippen molar-refractivity contribution in [2.24, 2.45) is 0 Å². The van der Waals surface area contributed by atoms with Gasteiger partial charge in [0, 0.05) is 24.2 Å². The van der Waals surface area contributed by atoms with E-state index in [1.165, 1.54) is 12.1 Å². The summed E-state index contributed by atoms with van der Waals surface area (Å²) in [6.07, 6.45) is 1.67. The summed E-state index contributed by atoms with van der Waals surface area (Å²) in [5, 5.41) is 14.0. The van der Waals surface area contributed by atoms with Crippen LogP contribution in [0.1, 0.15) is 18.4 Å². The van der Waals surface area contributed by atoms with Crippen molar-refractivity contribution in [2.45, 2.75) is 30.7 Å². The Balaban J connectivity index is 0.00000220. The Morgan fingerprint density at radius 1 is 1.43 bits per heavy atom. The van der Waals surface area contributed by atoms with Crippen LogP contribution < -0.4 is 10.0 Å². The van der Waals surface area contributed by atoms with Gasteiger partial charge in [-0.3, -0.25) is 10.1 Å². The number of halogens is 1. The number of hydrogen-bond donors (Lipinski definition) is 2. The topological polar surface area (TPSA) is 101 Å². The molecule has 0 aromatic heterocycles. The van der Waals surface area contributed by atoms with Crippen LogP contribution in [0.5, 0.6) is 0 Å². The highest BCUT2D eigenvalue weighted by Gasteiger charge is 2.24. The summed E-state index contributed by atoms with van der Waals surface area (Å²) < 4.78 is 27.0. The summed E-state index contributed by atoms with van der Waals surface area (Å²) >= 11 is 0. The Labute approximate surface area is 129 Å². The van der Waals surface area contributed by atoms with Crippen LogP contribution in [0.2, 0.25) is 0 Å². The van der Waals surface area contributed by atoms with Crippen LogP contribution in [0.25, 0.3) is 0 Å². The third kappa shape index (κ3) is 4.37. The Bertz CT molecular complexity index is 615. The molecule has 1 saturated heterocycles. The predicted molar refractivity (Wildman–Crippen MR) is 81.3 cm³/mol. The fraction of sp³-hybridized carbons (Fsp3) is 0.500. The molecule has 9 heteroatoms. The monoisotopic (exact) mass is 335 g/mol. The van der Waals surface area contributed by atoms with Crippen molar-refractivity contribution in [1.82, 2.24) is 10.0 Å². The number of sulfonamides is 1. The maximum Gasteiger partial charge on any atom is 0.273 e. The highest BCUT2D eigenvalue weighted by atomic mass is 35.5. The number of nitro groups is 1. The molecule has 0 unspecified atom stereocenters.